The van der Waals surface area contributed by atoms with Gasteiger partial charge in [0.15, 0.2) is 0 Å². The van der Waals surface area contributed by atoms with Gasteiger partial charge in [-0.3, -0.25) is 0 Å². The van der Waals surface area contributed by atoms with Crippen LogP contribution >= 0.6 is 12.6 Å². The summed E-state index contributed by atoms with van der Waals surface area (Å²) in [5.41, 5.74) is 17.8. The highest BCUT2D eigenvalue weighted by atomic mass is 32.1. The number of thiol groups is 1. The third kappa shape index (κ3) is 4.64. The quantitative estimate of drug-likeness (QED) is 0.169. The molecule has 0 radical (unpaired) electrons. The summed E-state index contributed by atoms with van der Waals surface area (Å²) in [5, 5.41) is 3.05. The molecule has 1 heteroatoms. The summed E-state index contributed by atoms with van der Waals surface area (Å²) in [6, 6.07) is 10.1. The predicted molar refractivity (Wildman–Crippen MR) is 191 cm³/mol. The minimum Gasteiger partial charge on any atom is -0.168 e. The lowest BCUT2D eigenvalue weighted by Gasteiger charge is -2.30. The molecule has 7 rings (SSSR count). The van der Waals surface area contributed by atoms with Crippen LogP contribution in [-0.4, -0.2) is 4.75 Å². The normalized spacial score (nSPS) is 21.5. The molecular weight excluding hydrogens is 537 g/mol. The number of benzene rings is 3. The summed E-state index contributed by atoms with van der Waals surface area (Å²) in [4.78, 5) is 0. The van der Waals surface area contributed by atoms with Crippen molar-refractivity contribution in [3.05, 3.63) is 105 Å². The maximum atomic E-state index is 5.17. The summed E-state index contributed by atoms with van der Waals surface area (Å²) in [6.07, 6.45) is 21.4. The van der Waals surface area contributed by atoms with Crippen LogP contribution in [0.2, 0.25) is 0 Å². The zero-order chi connectivity index (χ0) is 30.3. The molecule has 0 amide bonds. The SMILES string of the molecule is C=C(/C=C(\C=C/C)C(C)(S)C(C)C)c1c(C2(C)CC2)ccc2c1Cc1cc3c4c(c5c(c3cc1-2)CCCC5)C=CC(C)C4. The molecule has 2 unspecified atom stereocenters. The lowest BCUT2D eigenvalue weighted by atomic mass is 9.77. The van der Waals surface area contributed by atoms with Crippen LogP contribution in [0.15, 0.2) is 60.7 Å². The molecule has 0 N–H and O–H groups in total. The maximum absolute atomic E-state index is 5.17. The highest BCUT2D eigenvalue weighted by molar-refractivity contribution is 7.82. The number of rotatable bonds is 6. The van der Waals surface area contributed by atoms with Crippen LogP contribution in [-0.2, 0) is 31.1 Å². The van der Waals surface area contributed by atoms with Gasteiger partial charge < -0.3 is 0 Å². The van der Waals surface area contributed by atoms with Gasteiger partial charge in [-0.2, -0.15) is 12.6 Å². The Bertz CT molecular complexity index is 1760. The Morgan fingerprint density at radius 2 is 1.74 bits per heavy atom. The Morgan fingerprint density at radius 3 is 2.44 bits per heavy atom. The van der Waals surface area contributed by atoms with E-state index >= 15 is 0 Å². The number of hydrogen-bond donors (Lipinski definition) is 1. The molecule has 43 heavy (non-hydrogen) atoms. The first-order valence-electron chi connectivity index (χ1n) is 16.8. The van der Waals surface area contributed by atoms with E-state index in [0.717, 1.165) is 18.4 Å². The Kier molecular flexibility index (Phi) is 7.01. The zero-order valence-corrected chi connectivity index (χ0v) is 28.1. The first kappa shape index (κ1) is 29.0. The number of aryl methyl sites for hydroxylation is 1. The van der Waals surface area contributed by atoms with Gasteiger partial charge in [0.1, 0.15) is 0 Å². The summed E-state index contributed by atoms with van der Waals surface area (Å²) < 4.78 is -0.235. The molecule has 0 aromatic heterocycles. The van der Waals surface area contributed by atoms with E-state index < -0.39 is 0 Å². The van der Waals surface area contributed by atoms with Crippen LogP contribution in [0.3, 0.4) is 0 Å². The molecule has 0 saturated heterocycles. The molecule has 1 fully saturated rings. The first-order chi connectivity index (χ1) is 20.5. The fourth-order valence-electron chi connectivity index (χ4n) is 8.18. The average Bonchev–Trinajstić information content (AvgIpc) is 3.63. The molecule has 2 atom stereocenters. The van der Waals surface area contributed by atoms with Crippen molar-refractivity contribution in [2.75, 3.05) is 0 Å². The van der Waals surface area contributed by atoms with Gasteiger partial charge in [-0.05, 0) is 172 Å². The van der Waals surface area contributed by atoms with Gasteiger partial charge in [0.2, 0.25) is 0 Å². The van der Waals surface area contributed by atoms with Gasteiger partial charge in [-0.1, -0.05) is 76.8 Å². The molecule has 222 valence electrons. The Balaban J connectivity index is 1.43. The van der Waals surface area contributed by atoms with Crippen LogP contribution in [0.25, 0.3) is 33.5 Å². The van der Waals surface area contributed by atoms with E-state index in [9.17, 15) is 0 Å². The number of allylic oxidation sites excluding steroid dienone is 5. The smallest absolute Gasteiger partial charge is 0.0373 e. The monoisotopic (exact) mass is 584 g/mol. The van der Waals surface area contributed by atoms with Crippen LogP contribution in [0.4, 0.5) is 0 Å². The molecule has 4 aliphatic carbocycles. The third-order valence-corrected chi connectivity index (χ3v) is 12.2. The standard InChI is InChI=1S/C42H48S/c1-8-11-29(42(7,43)25(2)3)21-27(5)40-38-23-28-22-36-35-20-26(4)14-15-32(35)30-12-9-10-13-31(30)37(36)24-34(28)33(38)16-17-39(40)41(6)18-19-41/h8,11,14-17,21-22,24-26,43H,5,9-10,12-13,18-20,23H2,1-4,6-7H3/b11-8-,29-21+. The van der Waals surface area contributed by atoms with Crippen LogP contribution < -0.4 is 0 Å². The van der Waals surface area contributed by atoms with E-state index in [2.05, 4.69) is 96.2 Å². The van der Waals surface area contributed by atoms with E-state index in [1.165, 1.54) is 88.3 Å². The second-order valence-electron chi connectivity index (χ2n) is 14.8. The van der Waals surface area contributed by atoms with Gasteiger partial charge in [0.05, 0.1) is 0 Å². The Morgan fingerprint density at radius 1 is 1.02 bits per heavy atom. The van der Waals surface area contributed by atoms with Crippen molar-refractivity contribution in [2.45, 2.75) is 103 Å². The van der Waals surface area contributed by atoms with Gasteiger partial charge in [0.25, 0.3) is 0 Å². The molecule has 1 saturated carbocycles. The summed E-state index contributed by atoms with van der Waals surface area (Å²) in [7, 11) is 0. The molecule has 0 spiro atoms. The van der Waals surface area contributed by atoms with Crippen LogP contribution in [0.5, 0.6) is 0 Å². The first-order valence-corrected chi connectivity index (χ1v) is 17.2. The van der Waals surface area contributed by atoms with E-state index in [-0.39, 0.29) is 10.2 Å². The van der Waals surface area contributed by atoms with E-state index in [4.69, 9.17) is 19.2 Å². The van der Waals surface area contributed by atoms with Crippen molar-refractivity contribution < 1.29 is 0 Å². The van der Waals surface area contributed by atoms with Gasteiger partial charge in [-0.15, -0.1) is 0 Å². The van der Waals surface area contributed by atoms with E-state index in [1.807, 2.05) is 0 Å². The number of fused-ring (bicyclic) bond motifs is 9. The van der Waals surface area contributed by atoms with Crippen LogP contribution in [0.1, 0.15) is 112 Å². The van der Waals surface area contributed by atoms with E-state index in [0.29, 0.717) is 11.8 Å². The topological polar surface area (TPSA) is 0 Å². The van der Waals surface area contributed by atoms with Gasteiger partial charge >= 0.3 is 0 Å². The van der Waals surface area contributed by atoms with Crippen molar-refractivity contribution >= 4 is 35.1 Å². The Hall–Kier alpha value is -2.77. The molecule has 3 aromatic rings. The predicted octanol–water partition coefficient (Wildman–Crippen LogP) is 11.4. The Labute approximate surface area is 265 Å². The zero-order valence-electron chi connectivity index (χ0n) is 27.2. The largest absolute Gasteiger partial charge is 0.168 e. The van der Waals surface area contributed by atoms with Crippen LogP contribution in [0, 0.1) is 11.8 Å². The fourth-order valence-corrected chi connectivity index (χ4v) is 8.32. The minimum atomic E-state index is -0.235. The molecule has 3 aromatic carbocycles. The average molecular weight is 585 g/mol. The lowest BCUT2D eigenvalue weighted by Crippen LogP contribution is -2.26. The number of hydrogen-bond acceptors (Lipinski definition) is 1. The molecule has 0 aliphatic heterocycles. The van der Waals surface area contributed by atoms with Crippen molar-refractivity contribution in [1.82, 2.24) is 0 Å². The fraction of sp³-hybridized carbons (Fsp3) is 0.429. The second kappa shape index (κ2) is 10.4. The van der Waals surface area contributed by atoms with Crippen molar-refractivity contribution in [3.63, 3.8) is 0 Å². The molecule has 4 aliphatic rings. The van der Waals surface area contributed by atoms with Crippen molar-refractivity contribution in [2.24, 2.45) is 11.8 Å². The summed E-state index contributed by atoms with van der Waals surface area (Å²) >= 11 is 5.17. The highest BCUT2D eigenvalue weighted by Gasteiger charge is 2.42. The molecule has 0 nitrogen and oxygen atoms in total. The van der Waals surface area contributed by atoms with Gasteiger partial charge in [0, 0.05) is 4.75 Å². The second-order valence-corrected chi connectivity index (χ2v) is 15.8. The summed E-state index contributed by atoms with van der Waals surface area (Å²) in [5.74, 6) is 1.00. The third-order valence-electron chi connectivity index (χ3n) is 11.5. The van der Waals surface area contributed by atoms with E-state index in [1.54, 1.807) is 22.3 Å². The molecule has 0 bridgehead atoms. The lowest BCUT2D eigenvalue weighted by molar-refractivity contribution is 0.536. The van der Waals surface area contributed by atoms with Gasteiger partial charge in [-0.25, -0.2) is 0 Å². The minimum absolute atomic E-state index is 0.235. The summed E-state index contributed by atoms with van der Waals surface area (Å²) in [6.45, 7) is 18.5. The van der Waals surface area contributed by atoms with Crippen molar-refractivity contribution in [3.8, 4) is 11.1 Å². The molecular formula is C42H48S. The highest BCUT2D eigenvalue weighted by Crippen LogP contribution is 2.54. The maximum Gasteiger partial charge on any atom is 0.0373 e. The molecule has 0 heterocycles. The van der Waals surface area contributed by atoms with Crippen molar-refractivity contribution in [1.29, 1.82) is 0 Å².